The van der Waals surface area contributed by atoms with Crippen LogP contribution in [0.4, 0.5) is 8.78 Å². The predicted molar refractivity (Wildman–Crippen MR) is 70.5 cm³/mol. The highest BCUT2D eigenvalue weighted by atomic mass is 19.1. The van der Waals surface area contributed by atoms with Crippen molar-refractivity contribution >= 4 is 6.21 Å². The summed E-state index contributed by atoms with van der Waals surface area (Å²) in [6.45, 7) is 0.321. The molecule has 102 valence electrons. The summed E-state index contributed by atoms with van der Waals surface area (Å²) in [5, 5.41) is 0. The number of nitrogens with two attached hydrogens (primary N) is 1. The second-order valence-corrected chi connectivity index (χ2v) is 4.47. The van der Waals surface area contributed by atoms with E-state index in [4.69, 9.17) is 10.5 Å². The fraction of sp³-hybridized carbons (Fsp3) is 0.357. The van der Waals surface area contributed by atoms with Crippen molar-refractivity contribution < 1.29 is 13.5 Å². The minimum atomic E-state index is -0.527. The molecule has 0 fully saturated rings. The Balaban J connectivity index is 1.91. The molecular formula is C14H16F2N2O. The lowest BCUT2D eigenvalue weighted by atomic mass is 10.0. The largest absolute Gasteiger partial charge is 0.477 e. The minimum Gasteiger partial charge on any atom is -0.477 e. The molecule has 0 aromatic rings. The highest BCUT2D eigenvalue weighted by Crippen LogP contribution is 2.20. The van der Waals surface area contributed by atoms with Gasteiger partial charge < -0.3 is 10.5 Å². The van der Waals surface area contributed by atoms with Crippen molar-refractivity contribution in [3.05, 3.63) is 47.5 Å². The molecule has 2 aliphatic rings. The van der Waals surface area contributed by atoms with Crippen LogP contribution in [0.1, 0.15) is 19.3 Å². The molecule has 0 aromatic carbocycles. The van der Waals surface area contributed by atoms with Gasteiger partial charge in [0.15, 0.2) is 5.83 Å². The van der Waals surface area contributed by atoms with E-state index < -0.39 is 5.83 Å². The summed E-state index contributed by atoms with van der Waals surface area (Å²) in [6.07, 6.45) is 9.27. The monoisotopic (exact) mass is 266 g/mol. The molecule has 19 heavy (non-hydrogen) atoms. The number of halogens is 2. The van der Waals surface area contributed by atoms with Crippen LogP contribution < -0.4 is 5.73 Å². The first-order valence-corrected chi connectivity index (χ1v) is 6.20. The fourth-order valence-electron chi connectivity index (χ4n) is 1.84. The van der Waals surface area contributed by atoms with Crippen LogP contribution in [0, 0.1) is 5.92 Å². The summed E-state index contributed by atoms with van der Waals surface area (Å²) in [7, 11) is 0. The van der Waals surface area contributed by atoms with Crippen LogP contribution in [0.3, 0.4) is 0 Å². The van der Waals surface area contributed by atoms with E-state index in [0.717, 1.165) is 12.6 Å². The van der Waals surface area contributed by atoms with E-state index in [0.29, 0.717) is 25.3 Å². The number of hydrogen-bond donors (Lipinski definition) is 1. The molecule has 0 unspecified atom stereocenters. The fourth-order valence-corrected chi connectivity index (χ4v) is 1.84. The average molecular weight is 266 g/mol. The summed E-state index contributed by atoms with van der Waals surface area (Å²) in [5.74, 6) is -0.444. The number of allylic oxidation sites excluding steroid dienone is 6. The number of hydrogen-bond acceptors (Lipinski definition) is 3. The molecule has 1 aliphatic carbocycles. The molecular weight excluding hydrogens is 250 g/mol. The number of rotatable bonds is 3. The van der Waals surface area contributed by atoms with Gasteiger partial charge in [0.05, 0.1) is 12.8 Å². The van der Waals surface area contributed by atoms with Crippen LogP contribution in [0.25, 0.3) is 0 Å². The smallest absolute Gasteiger partial charge is 0.209 e. The van der Waals surface area contributed by atoms with Gasteiger partial charge in [-0.2, -0.15) is 0 Å². The molecule has 3 nitrogen and oxygen atoms in total. The third kappa shape index (κ3) is 4.05. The quantitative estimate of drug-likeness (QED) is 0.852. The molecule has 1 aliphatic heterocycles. The van der Waals surface area contributed by atoms with E-state index in [2.05, 4.69) is 4.99 Å². The lowest BCUT2D eigenvalue weighted by Gasteiger charge is -2.15. The molecule has 5 heteroatoms. The SMILES string of the molecule is N/C1=C(F)/C=N\C(OC[C@H]2C=C(F)C=CC2)=C\CC1. The third-order valence-electron chi connectivity index (χ3n) is 2.90. The summed E-state index contributed by atoms with van der Waals surface area (Å²) < 4.78 is 31.8. The maximum absolute atomic E-state index is 13.3. The minimum absolute atomic E-state index is 0.0167. The van der Waals surface area contributed by atoms with E-state index in [1.807, 2.05) is 0 Å². The average Bonchev–Trinajstić information content (AvgIpc) is 2.39. The van der Waals surface area contributed by atoms with E-state index >= 15 is 0 Å². The lowest BCUT2D eigenvalue weighted by molar-refractivity contribution is 0.179. The summed E-state index contributed by atoms with van der Waals surface area (Å²) in [4.78, 5) is 3.89. The van der Waals surface area contributed by atoms with Gasteiger partial charge in [0.1, 0.15) is 5.83 Å². The maximum atomic E-state index is 13.3. The second-order valence-electron chi connectivity index (χ2n) is 4.47. The van der Waals surface area contributed by atoms with Crippen molar-refractivity contribution in [3.8, 4) is 0 Å². The van der Waals surface area contributed by atoms with Crippen LogP contribution in [0.2, 0.25) is 0 Å². The van der Waals surface area contributed by atoms with Crippen LogP contribution >= 0.6 is 0 Å². The van der Waals surface area contributed by atoms with Crippen LogP contribution in [-0.4, -0.2) is 12.8 Å². The Labute approximate surface area is 110 Å². The first-order valence-electron chi connectivity index (χ1n) is 6.20. The van der Waals surface area contributed by atoms with E-state index in [1.165, 1.54) is 12.2 Å². The number of ether oxygens (including phenoxy) is 1. The highest BCUT2D eigenvalue weighted by molar-refractivity contribution is 5.77. The Hall–Kier alpha value is -1.91. The predicted octanol–water partition coefficient (Wildman–Crippen LogP) is 3.28. The van der Waals surface area contributed by atoms with E-state index in [9.17, 15) is 8.78 Å². The number of nitrogens with zero attached hydrogens (tertiary/aromatic N) is 1. The van der Waals surface area contributed by atoms with Gasteiger partial charge in [-0.15, -0.1) is 0 Å². The maximum Gasteiger partial charge on any atom is 0.209 e. The Bertz CT molecular complexity index is 490. The van der Waals surface area contributed by atoms with Crippen LogP contribution in [0.15, 0.2) is 52.5 Å². The van der Waals surface area contributed by atoms with Crippen molar-refractivity contribution in [1.29, 1.82) is 0 Å². The molecule has 0 spiro atoms. The molecule has 2 N–H and O–H groups in total. The Morgan fingerprint density at radius 3 is 3.05 bits per heavy atom. The van der Waals surface area contributed by atoms with Gasteiger partial charge in [-0.05, 0) is 37.5 Å². The summed E-state index contributed by atoms with van der Waals surface area (Å²) in [5.41, 5.74) is 5.68. The number of aliphatic imine (C=N–C) groups is 1. The zero-order chi connectivity index (χ0) is 13.7. The van der Waals surface area contributed by atoms with E-state index in [-0.39, 0.29) is 17.4 Å². The van der Waals surface area contributed by atoms with Gasteiger partial charge in [0.2, 0.25) is 5.88 Å². The zero-order valence-corrected chi connectivity index (χ0v) is 10.5. The topological polar surface area (TPSA) is 47.6 Å². The van der Waals surface area contributed by atoms with Crippen molar-refractivity contribution in [2.24, 2.45) is 16.6 Å². The van der Waals surface area contributed by atoms with Crippen LogP contribution in [-0.2, 0) is 4.74 Å². The van der Waals surface area contributed by atoms with Gasteiger partial charge in [-0.3, -0.25) is 0 Å². The third-order valence-corrected chi connectivity index (χ3v) is 2.90. The molecule has 2 rings (SSSR count). The van der Waals surface area contributed by atoms with Crippen LogP contribution in [0.5, 0.6) is 0 Å². The van der Waals surface area contributed by atoms with Gasteiger partial charge in [-0.1, -0.05) is 6.08 Å². The molecule has 1 heterocycles. The summed E-state index contributed by atoms with van der Waals surface area (Å²) >= 11 is 0. The lowest BCUT2D eigenvalue weighted by Crippen LogP contribution is -2.09. The van der Waals surface area contributed by atoms with Crippen molar-refractivity contribution in [2.45, 2.75) is 19.3 Å². The standard InChI is InChI=1S/C14H16F2N2O/c15-11-4-1-3-10(7-11)9-19-14-6-2-5-13(17)12(16)8-18-14/h1,4,6-8,10H,2-3,5,9,17H2/b13-12-,14-6-,18-8-/t10-/m1/s1. The van der Waals surface area contributed by atoms with Crippen molar-refractivity contribution in [1.82, 2.24) is 0 Å². The molecule has 0 bridgehead atoms. The summed E-state index contributed by atoms with van der Waals surface area (Å²) in [6, 6.07) is 0. The van der Waals surface area contributed by atoms with Gasteiger partial charge in [0, 0.05) is 11.6 Å². The highest BCUT2D eigenvalue weighted by Gasteiger charge is 2.11. The molecule has 0 amide bonds. The molecule has 1 atom stereocenters. The normalized spacial score (nSPS) is 31.8. The first-order chi connectivity index (χ1) is 9.15. The zero-order valence-electron chi connectivity index (χ0n) is 10.5. The molecule has 0 radical (unpaired) electrons. The van der Waals surface area contributed by atoms with Gasteiger partial charge in [-0.25, -0.2) is 13.8 Å². The van der Waals surface area contributed by atoms with Gasteiger partial charge in [0.25, 0.3) is 0 Å². The Morgan fingerprint density at radius 2 is 2.26 bits per heavy atom. The molecule has 0 aromatic heterocycles. The molecule has 0 saturated heterocycles. The van der Waals surface area contributed by atoms with Crippen molar-refractivity contribution in [2.75, 3.05) is 6.61 Å². The van der Waals surface area contributed by atoms with E-state index in [1.54, 1.807) is 12.2 Å². The second kappa shape index (κ2) is 6.31. The Morgan fingerprint density at radius 1 is 1.42 bits per heavy atom. The first kappa shape index (κ1) is 13.5. The van der Waals surface area contributed by atoms with Gasteiger partial charge >= 0.3 is 0 Å². The Kier molecular flexibility index (Phi) is 4.49. The molecule has 0 saturated carbocycles. The van der Waals surface area contributed by atoms with Crippen molar-refractivity contribution in [3.63, 3.8) is 0 Å².